The average molecular weight is 299 g/mol. The summed E-state index contributed by atoms with van der Waals surface area (Å²) in [5.74, 6) is -0.951. The quantitative estimate of drug-likeness (QED) is 0.624. The van der Waals surface area contributed by atoms with E-state index in [9.17, 15) is 8.78 Å². The van der Waals surface area contributed by atoms with Gasteiger partial charge in [0, 0.05) is 17.9 Å². The van der Waals surface area contributed by atoms with Crippen LogP contribution in [0.2, 0.25) is 0 Å². The van der Waals surface area contributed by atoms with Gasteiger partial charge in [-0.05, 0) is 29.1 Å². The van der Waals surface area contributed by atoms with Gasteiger partial charge in [-0.15, -0.1) is 5.10 Å². The molecule has 2 aromatic rings. The van der Waals surface area contributed by atoms with E-state index in [2.05, 4.69) is 20.8 Å². The van der Waals surface area contributed by atoms with E-state index in [0.717, 1.165) is 13.1 Å². The van der Waals surface area contributed by atoms with Crippen molar-refractivity contribution in [2.45, 2.75) is 24.4 Å². The van der Waals surface area contributed by atoms with Crippen LogP contribution in [-0.2, 0) is 12.3 Å². The van der Waals surface area contributed by atoms with E-state index in [1.54, 1.807) is 4.68 Å². The fourth-order valence-corrected chi connectivity index (χ4v) is 2.53. The van der Waals surface area contributed by atoms with E-state index in [1.807, 2.05) is 6.92 Å². The van der Waals surface area contributed by atoms with Crippen molar-refractivity contribution in [3.8, 4) is 0 Å². The van der Waals surface area contributed by atoms with Crippen molar-refractivity contribution in [3.63, 3.8) is 0 Å². The molecular formula is C12H15F2N5S. The molecule has 0 radical (unpaired) electrons. The molecule has 2 rings (SSSR count). The summed E-state index contributed by atoms with van der Waals surface area (Å²) in [6.07, 6.45) is 0. The van der Waals surface area contributed by atoms with Gasteiger partial charge in [-0.1, -0.05) is 24.8 Å². The number of likely N-dealkylation sites (N-methyl/N-ethyl adjacent to an activating group) is 1. The zero-order valence-corrected chi connectivity index (χ0v) is 11.8. The highest BCUT2D eigenvalue weighted by molar-refractivity contribution is 7.98. The molecule has 0 saturated carbocycles. The molecule has 1 aromatic carbocycles. The third kappa shape index (κ3) is 3.73. The third-order valence-electron chi connectivity index (χ3n) is 2.66. The number of tetrazole rings is 1. The van der Waals surface area contributed by atoms with Crippen molar-refractivity contribution in [3.05, 3.63) is 35.4 Å². The molecule has 0 spiro atoms. The number of thioether (sulfide) groups is 1. The summed E-state index contributed by atoms with van der Waals surface area (Å²) in [5.41, 5.74) is 0.0405. The van der Waals surface area contributed by atoms with Crippen LogP contribution in [0, 0.1) is 11.6 Å². The summed E-state index contributed by atoms with van der Waals surface area (Å²) < 4.78 is 28.6. The van der Waals surface area contributed by atoms with E-state index in [4.69, 9.17) is 0 Å². The molecule has 0 bridgehead atoms. The number of benzene rings is 1. The van der Waals surface area contributed by atoms with Crippen LogP contribution in [0.15, 0.2) is 23.4 Å². The Balaban J connectivity index is 1.99. The normalized spacial score (nSPS) is 10.9. The number of rotatable bonds is 7. The van der Waals surface area contributed by atoms with Crippen LogP contribution >= 0.6 is 11.8 Å². The second-order valence-electron chi connectivity index (χ2n) is 4.03. The van der Waals surface area contributed by atoms with E-state index in [1.165, 1.54) is 30.0 Å². The summed E-state index contributed by atoms with van der Waals surface area (Å²) >= 11 is 1.21. The zero-order valence-electron chi connectivity index (χ0n) is 11.0. The third-order valence-corrected chi connectivity index (χ3v) is 3.64. The Morgan fingerprint density at radius 2 is 2.05 bits per heavy atom. The van der Waals surface area contributed by atoms with Crippen molar-refractivity contribution in [1.29, 1.82) is 0 Å². The van der Waals surface area contributed by atoms with Gasteiger partial charge in [0.15, 0.2) is 0 Å². The fourth-order valence-electron chi connectivity index (χ4n) is 1.61. The van der Waals surface area contributed by atoms with Gasteiger partial charge >= 0.3 is 0 Å². The molecule has 0 atom stereocenters. The highest BCUT2D eigenvalue weighted by atomic mass is 32.2. The first-order valence-electron chi connectivity index (χ1n) is 6.25. The molecule has 8 heteroatoms. The Bertz CT molecular complexity index is 540. The van der Waals surface area contributed by atoms with E-state index in [-0.39, 0.29) is 11.3 Å². The molecule has 1 N–H and O–H groups in total. The monoisotopic (exact) mass is 299 g/mol. The maximum absolute atomic E-state index is 13.5. The van der Waals surface area contributed by atoms with Gasteiger partial charge < -0.3 is 5.32 Å². The molecule has 0 saturated heterocycles. The van der Waals surface area contributed by atoms with Gasteiger partial charge in [0.05, 0.1) is 6.54 Å². The molecule has 5 nitrogen and oxygen atoms in total. The van der Waals surface area contributed by atoms with Crippen LogP contribution < -0.4 is 5.32 Å². The molecule has 0 aliphatic rings. The fraction of sp³-hybridized carbons (Fsp3) is 0.417. The van der Waals surface area contributed by atoms with Crippen molar-refractivity contribution >= 4 is 11.8 Å². The van der Waals surface area contributed by atoms with Crippen LogP contribution in [0.1, 0.15) is 12.5 Å². The van der Waals surface area contributed by atoms with Gasteiger partial charge in [0.2, 0.25) is 5.16 Å². The largest absolute Gasteiger partial charge is 0.315 e. The maximum atomic E-state index is 13.5. The van der Waals surface area contributed by atoms with E-state index >= 15 is 0 Å². The molecule has 20 heavy (non-hydrogen) atoms. The minimum absolute atomic E-state index is 0.0405. The van der Waals surface area contributed by atoms with Crippen molar-refractivity contribution in [1.82, 2.24) is 25.5 Å². The molecular weight excluding hydrogens is 284 g/mol. The summed E-state index contributed by atoms with van der Waals surface area (Å²) in [4.78, 5) is 0. The predicted molar refractivity (Wildman–Crippen MR) is 72.3 cm³/mol. The molecule has 0 aliphatic carbocycles. The smallest absolute Gasteiger partial charge is 0.209 e. The number of hydrogen-bond acceptors (Lipinski definition) is 5. The van der Waals surface area contributed by atoms with Gasteiger partial charge in [-0.2, -0.15) is 0 Å². The predicted octanol–water partition coefficient (Wildman–Crippen LogP) is 1.85. The lowest BCUT2D eigenvalue weighted by Gasteiger charge is -2.06. The Labute approximate surface area is 119 Å². The Morgan fingerprint density at radius 3 is 2.75 bits per heavy atom. The Morgan fingerprint density at radius 1 is 1.30 bits per heavy atom. The summed E-state index contributed by atoms with van der Waals surface area (Å²) in [6.45, 7) is 4.23. The first kappa shape index (κ1) is 14.9. The second-order valence-corrected chi connectivity index (χ2v) is 4.97. The number of nitrogens with zero attached hydrogens (tertiary/aromatic N) is 4. The second kappa shape index (κ2) is 7.30. The average Bonchev–Trinajstić information content (AvgIpc) is 2.86. The molecule has 0 fully saturated rings. The first-order chi connectivity index (χ1) is 9.72. The lowest BCUT2D eigenvalue weighted by molar-refractivity contribution is 0.517. The highest BCUT2D eigenvalue weighted by Gasteiger charge is 2.12. The Hall–Kier alpha value is -1.54. The summed E-state index contributed by atoms with van der Waals surface area (Å²) in [5, 5.41) is 15.0. The van der Waals surface area contributed by atoms with Gasteiger partial charge in [0.1, 0.15) is 11.6 Å². The molecule has 0 aliphatic heterocycles. The summed E-state index contributed by atoms with van der Waals surface area (Å²) in [7, 11) is 0. The SMILES string of the molecule is CCNCCn1nnnc1SCc1c(F)cccc1F. The van der Waals surface area contributed by atoms with Crippen LogP contribution in [-0.4, -0.2) is 33.3 Å². The minimum atomic E-state index is -0.552. The van der Waals surface area contributed by atoms with Crippen LogP contribution in [0.25, 0.3) is 0 Å². The maximum Gasteiger partial charge on any atom is 0.209 e. The van der Waals surface area contributed by atoms with Crippen LogP contribution in [0.3, 0.4) is 0 Å². The highest BCUT2D eigenvalue weighted by Crippen LogP contribution is 2.23. The van der Waals surface area contributed by atoms with Crippen LogP contribution in [0.4, 0.5) is 8.78 Å². The van der Waals surface area contributed by atoms with E-state index in [0.29, 0.717) is 11.7 Å². The molecule has 1 heterocycles. The van der Waals surface area contributed by atoms with Gasteiger partial charge in [0.25, 0.3) is 0 Å². The van der Waals surface area contributed by atoms with Crippen molar-refractivity contribution in [2.24, 2.45) is 0 Å². The molecule has 0 unspecified atom stereocenters. The summed E-state index contributed by atoms with van der Waals surface area (Å²) in [6, 6.07) is 3.83. The molecule has 1 aromatic heterocycles. The van der Waals surface area contributed by atoms with E-state index < -0.39 is 11.6 Å². The lowest BCUT2D eigenvalue weighted by atomic mass is 10.2. The number of hydrogen-bond donors (Lipinski definition) is 1. The molecule has 0 amide bonds. The zero-order chi connectivity index (χ0) is 14.4. The number of nitrogens with one attached hydrogen (secondary N) is 1. The van der Waals surface area contributed by atoms with Crippen molar-refractivity contribution < 1.29 is 8.78 Å². The lowest BCUT2D eigenvalue weighted by Crippen LogP contribution is -2.20. The topological polar surface area (TPSA) is 55.6 Å². The Kier molecular flexibility index (Phi) is 5.42. The molecule has 108 valence electrons. The van der Waals surface area contributed by atoms with Crippen molar-refractivity contribution in [2.75, 3.05) is 13.1 Å². The number of aromatic nitrogens is 4. The standard InChI is InChI=1S/C12H15F2N5S/c1-2-15-6-7-19-12(16-17-18-19)20-8-9-10(13)4-3-5-11(9)14/h3-5,15H,2,6-8H2,1H3. The minimum Gasteiger partial charge on any atom is -0.315 e. The van der Waals surface area contributed by atoms with Crippen LogP contribution in [0.5, 0.6) is 0 Å². The van der Waals surface area contributed by atoms with Gasteiger partial charge in [-0.25, -0.2) is 13.5 Å². The first-order valence-corrected chi connectivity index (χ1v) is 7.23. The number of halogens is 2. The van der Waals surface area contributed by atoms with Gasteiger partial charge in [-0.3, -0.25) is 0 Å².